The molecular formula is C17H32IN3O2S. The molecule has 2 saturated carbocycles. The summed E-state index contributed by atoms with van der Waals surface area (Å²) < 4.78 is 23.1. The number of hydrogen-bond donors (Lipinski definition) is 2. The van der Waals surface area contributed by atoms with Crippen molar-refractivity contribution in [2.45, 2.75) is 57.9 Å². The first-order valence-corrected chi connectivity index (χ1v) is 11.1. The highest BCUT2D eigenvalue weighted by Gasteiger charge is 2.33. The maximum Gasteiger partial charge on any atom is 0.191 e. The van der Waals surface area contributed by atoms with Crippen molar-refractivity contribution in [3.8, 4) is 0 Å². The van der Waals surface area contributed by atoms with Gasteiger partial charge in [-0.1, -0.05) is 26.2 Å². The Bertz CT molecular complexity index is 532. The number of nitrogens with zero attached hydrogens (tertiary/aromatic N) is 1. The summed E-state index contributed by atoms with van der Waals surface area (Å²) in [6, 6.07) is 0.542. The Morgan fingerprint density at radius 3 is 2.42 bits per heavy atom. The third-order valence-corrected chi connectivity index (χ3v) is 7.39. The minimum absolute atomic E-state index is 0. The van der Waals surface area contributed by atoms with Crippen molar-refractivity contribution in [2.24, 2.45) is 22.7 Å². The molecule has 1 saturated heterocycles. The monoisotopic (exact) mass is 469 g/mol. The first-order valence-electron chi connectivity index (χ1n) is 9.27. The zero-order valence-corrected chi connectivity index (χ0v) is 17.8. The topological polar surface area (TPSA) is 70.6 Å². The third-order valence-electron chi connectivity index (χ3n) is 5.55. The van der Waals surface area contributed by atoms with Crippen LogP contribution in [0.4, 0.5) is 0 Å². The number of nitrogens with one attached hydrogen (secondary N) is 2. The van der Waals surface area contributed by atoms with Crippen molar-refractivity contribution >= 4 is 39.8 Å². The van der Waals surface area contributed by atoms with E-state index in [-0.39, 0.29) is 29.9 Å². The van der Waals surface area contributed by atoms with Gasteiger partial charge in [0.2, 0.25) is 0 Å². The van der Waals surface area contributed by atoms with Gasteiger partial charge < -0.3 is 10.6 Å². The molecule has 1 aliphatic heterocycles. The van der Waals surface area contributed by atoms with Crippen LogP contribution < -0.4 is 10.6 Å². The molecule has 7 heteroatoms. The first kappa shape index (κ1) is 20.3. The van der Waals surface area contributed by atoms with Gasteiger partial charge in [0.15, 0.2) is 15.8 Å². The molecule has 0 aromatic carbocycles. The summed E-state index contributed by atoms with van der Waals surface area (Å²) in [7, 11) is -2.80. The molecule has 5 nitrogen and oxygen atoms in total. The fourth-order valence-electron chi connectivity index (χ4n) is 3.72. The van der Waals surface area contributed by atoms with Crippen LogP contribution in [0.1, 0.15) is 51.9 Å². The molecule has 0 amide bonds. The Balaban J connectivity index is 0.00000208. The van der Waals surface area contributed by atoms with Crippen LogP contribution in [0.2, 0.25) is 0 Å². The van der Waals surface area contributed by atoms with E-state index in [0.29, 0.717) is 24.1 Å². The minimum Gasteiger partial charge on any atom is -0.356 e. The molecule has 0 bridgehead atoms. The largest absolute Gasteiger partial charge is 0.356 e. The predicted octanol–water partition coefficient (Wildman–Crippen LogP) is 2.56. The van der Waals surface area contributed by atoms with Gasteiger partial charge in [-0.15, -0.1) is 24.0 Å². The third kappa shape index (κ3) is 6.35. The van der Waals surface area contributed by atoms with Crippen molar-refractivity contribution in [2.75, 3.05) is 24.6 Å². The average molecular weight is 469 g/mol. The van der Waals surface area contributed by atoms with Gasteiger partial charge in [-0.2, -0.15) is 0 Å². The zero-order valence-electron chi connectivity index (χ0n) is 14.7. The van der Waals surface area contributed by atoms with Gasteiger partial charge in [-0.3, -0.25) is 4.99 Å². The second kappa shape index (κ2) is 9.05. The quantitative estimate of drug-likeness (QED) is 0.369. The van der Waals surface area contributed by atoms with E-state index < -0.39 is 9.84 Å². The highest BCUT2D eigenvalue weighted by molar-refractivity contribution is 14.0. The number of aliphatic imine (C=N–C) groups is 1. The predicted molar refractivity (Wildman–Crippen MR) is 110 cm³/mol. The van der Waals surface area contributed by atoms with E-state index in [9.17, 15) is 8.42 Å². The molecule has 3 aliphatic rings. The Hall–Kier alpha value is -0.0500. The Kier molecular flexibility index (Phi) is 7.64. The lowest BCUT2D eigenvalue weighted by Gasteiger charge is -2.23. The van der Waals surface area contributed by atoms with Crippen molar-refractivity contribution in [1.29, 1.82) is 0 Å². The van der Waals surface area contributed by atoms with Crippen LogP contribution in [0.25, 0.3) is 0 Å². The molecule has 0 aromatic rings. The van der Waals surface area contributed by atoms with E-state index in [4.69, 9.17) is 4.99 Å². The van der Waals surface area contributed by atoms with Gasteiger partial charge in [0, 0.05) is 19.1 Å². The Labute approximate surface area is 163 Å². The normalized spacial score (nSPS) is 32.9. The summed E-state index contributed by atoms with van der Waals surface area (Å²) in [4.78, 5) is 4.70. The van der Waals surface area contributed by atoms with Crippen LogP contribution in [-0.4, -0.2) is 45.0 Å². The highest BCUT2D eigenvalue weighted by atomic mass is 127. The average Bonchev–Trinajstić information content (AvgIpc) is 3.10. The molecule has 0 radical (unpaired) electrons. The van der Waals surface area contributed by atoms with Crippen LogP contribution in [0, 0.1) is 17.8 Å². The summed E-state index contributed by atoms with van der Waals surface area (Å²) in [6.45, 7) is 3.87. The summed E-state index contributed by atoms with van der Waals surface area (Å²) in [5, 5.41) is 7.03. The fourth-order valence-corrected chi connectivity index (χ4v) is 5.57. The number of hydrogen-bond acceptors (Lipinski definition) is 3. The molecule has 3 fully saturated rings. The molecule has 3 atom stereocenters. The van der Waals surface area contributed by atoms with Gasteiger partial charge in [0.05, 0.1) is 11.5 Å². The number of guanidine groups is 1. The zero-order chi connectivity index (χ0) is 16.3. The Morgan fingerprint density at radius 1 is 1.12 bits per heavy atom. The van der Waals surface area contributed by atoms with E-state index in [0.717, 1.165) is 30.8 Å². The summed E-state index contributed by atoms with van der Waals surface area (Å²) in [5.74, 6) is 3.24. The molecule has 3 unspecified atom stereocenters. The molecule has 140 valence electrons. The molecule has 0 spiro atoms. The second-order valence-corrected chi connectivity index (χ2v) is 10.0. The van der Waals surface area contributed by atoms with E-state index in [1.807, 2.05) is 0 Å². The second-order valence-electron chi connectivity index (χ2n) is 7.81. The van der Waals surface area contributed by atoms with E-state index in [1.54, 1.807) is 0 Å². The summed E-state index contributed by atoms with van der Waals surface area (Å²) >= 11 is 0. The van der Waals surface area contributed by atoms with Gasteiger partial charge >= 0.3 is 0 Å². The lowest BCUT2D eigenvalue weighted by molar-refractivity contribution is 0.355. The number of rotatable bonds is 5. The molecule has 2 aliphatic carbocycles. The van der Waals surface area contributed by atoms with Crippen LogP contribution in [0.3, 0.4) is 0 Å². The number of sulfone groups is 1. The van der Waals surface area contributed by atoms with Gasteiger partial charge in [0.25, 0.3) is 0 Å². The van der Waals surface area contributed by atoms with Crippen LogP contribution in [0.5, 0.6) is 0 Å². The minimum atomic E-state index is -2.80. The van der Waals surface area contributed by atoms with Gasteiger partial charge in [-0.05, 0) is 43.4 Å². The molecule has 2 N–H and O–H groups in total. The lowest BCUT2D eigenvalue weighted by atomic mass is 9.89. The summed E-state index contributed by atoms with van der Waals surface area (Å²) in [6.07, 6.45) is 8.70. The van der Waals surface area contributed by atoms with E-state index in [2.05, 4.69) is 17.6 Å². The van der Waals surface area contributed by atoms with Crippen molar-refractivity contribution in [1.82, 2.24) is 10.6 Å². The van der Waals surface area contributed by atoms with Crippen molar-refractivity contribution in [3.63, 3.8) is 0 Å². The fraction of sp³-hybridized carbons (Fsp3) is 0.941. The van der Waals surface area contributed by atoms with Crippen LogP contribution in [0.15, 0.2) is 4.99 Å². The van der Waals surface area contributed by atoms with Crippen LogP contribution >= 0.6 is 24.0 Å². The number of halogens is 1. The lowest BCUT2D eigenvalue weighted by Crippen LogP contribution is -2.42. The van der Waals surface area contributed by atoms with Crippen molar-refractivity contribution < 1.29 is 8.42 Å². The molecular weight excluding hydrogens is 437 g/mol. The SMILES string of the molecule is CC1CC1NC(=NCC1CCS(=O)(=O)C1)NCC1CCCCC1.I. The highest BCUT2D eigenvalue weighted by Crippen LogP contribution is 2.29. The molecule has 0 aromatic heterocycles. The standard InChI is InChI=1S/C17H31N3O2S.HI/c1-13-9-16(13)20-17(18-10-14-5-3-2-4-6-14)19-11-15-7-8-23(21,22)12-15;/h13-16H,2-12H2,1H3,(H2,18,19,20);1H. The summed E-state index contributed by atoms with van der Waals surface area (Å²) in [5.41, 5.74) is 0. The smallest absolute Gasteiger partial charge is 0.191 e. The van der Waals surface area contributed by atoms with Gasteiger partial charge in [-0.25, -0.2) is 8.42 Å². The maximum atomic E-state index is 11.6. The maximum absolute atomic E-state index is 11.6. The first-order chi connectivity index (χ1) is 11.0. The van der Waals surface area contributed by atoms with E-state index >= 15 is 0 Å². The molecule has 24 heavy (non-hydrogen) atoms. The van der Waals surface area contributed by atoms with Gasteiger partial charge in [0.1, 0.15) is 0 Å². The molecule has 3 rings (SSSR count). The van der Waals surface area contributed by atoms with E-state index in [1.165, 1.54) is 38.5 Å². The Morgan fingerprint density at radius 2 is 1.83 bits per heavy atom. The van der Waals surface area contributed by atoms with Crippen molar-refractivity contribution in [3.05, 3.63) is 0 Å². The molecule has 1 heterocycles. The van der Waals surface area contributed by atoms with Crippen LogP contribution in [-0.2, 0) is 9.84 Å².